The molecule has 3 heteroatoms. The van der Waals surface area contributed by atoms with Crippen LogP contribution < -0.4 is 5.32 Å². The Morgan fingerprint density at radius 3 is 2.83 bits per heavy atom. The Bertz CT molecular complexity index is 232. The van der Waals surface area contributed by atoms with Gasteiger partial charge >= 0.3 is 0 Å². The van der Waals surface area contributed by atoms with Gasteiger partial charge in [-0.15, -0.1) is 0 Å². The Hall–Kier alpha value is -0.510. The van der Waals surface area contributed by atoms with E-state index in [0.29, 0.717) is 0 Å². The van der Waals surface area contributed by atoms with E-state index < -0.39 is 0 Å². The topological polar surface area (TPSA) is 15.3 Å². The minimum absolute atomic E-state index is 1.000. The summed E-state index contributed by atoms with van der Waals surface area (Å²) in [5, 5.41) is 3.28. The summed E-state index contributed by atoms with van der Waals surface area (Å²) >= 11 is 1.86. The molecule has 1 heterocycles. The molecule has 1 fully saturated rings. The Kier molecular flexibility index (Phi) is 2.66. The predicted octanol–water partition coefficient (Wildman–Crippen LogP) is 1.65. The molecule has 1 aromatic rings. The number of hydrogen-bond donors (Lipinski definition) is 1. The monoisotopic (exact) mass is 180 g/mol. The maximum atomic E-state index is 3.28. The zero-order chi connectivity index (χ0) is 8.23. The van der Waals surface area contributed by atoms with Gasteiger partial charge in [0.05, 0.1) is 12.5 Å². The summed E-state index contributed by atoms with van der Waals surface area (Å²) in [6, 6.07) is 10.6. The summed E-state index contributed by atoms with van der Waals surface area (Å²) in [7, 11) is 0. The van der Waals surface area contributed by atoms with E-state index in [9.17, 15) is 0 Å². The van der Waals surface area contributed by atoms with Gasteiger partial charge in [-0.25, -0.2) is 4.31 Å². The van der Waals surface area contributed by atoms with Crippen molar-refractivity contribution in [3.8, 4) is 0 Å². The van der Waals surface area contributed by atoms with E-state index in [2.05, 4.69) is 40.0 Å². The minimum Gasteiger partial charge on any atom is -0.293 e. The van der Waals surface area contributed by atoms with Gasteiger partial charge in [-0.05, 0) is 5.56 Å². The Morgan fingerprint density at radius 2 is 2.17 bits per heavy atom. The quantitative estimate of drug-likeness (QED) is 0.697. The van der Waals surface area contributed by atoms with Crippen molar-refractivity contribution in [1.29, 1.82) is 0 Å². The average molecular weight is 180 g/mol. The molecule has 64 valence electrons. The van der Waals surface area contributed by atoms with Crippen LogP contribution in [0.2, 0.25) is 0 Å². The Labute approximate surface area is 77.1 Å². The van der Waals surface area contributed by atoms with Gasteiger partial charge in [0.25, 0.3) is 0 Å². The predicted molar refractivity (Wildman–Crippen MR) is 52.4 cm³/mol. The van der Waals surface area contributed by atoms with Crippen molar-refractivity contribution < 1.29 is 0 Å². The normalized spacial score (nSPS) is 18.3. The molecule has 1 N–H and O–H groups in total. The summed E-state index contributed by atoms with van der Waals surface area (Å²) in [6.45, 7) is 2.04. The third-order valence-electron chi connectivity index (χ3n) is 1.84. The van der Waals surface area contributed by atoms with Gasteiger partial charge in [0.15, 0.2) is 0 Å². The van der Waals surface area contributed by atoms with Crippen molar-refractivity contribution >= 4 is 11.9 Å². The molecule has 0 aromatic heterocycles. The molecule has 0 atom stereocenters. The van der Waals surface area contributed by atoms with Crippen LogP contribution in [-0.4, -0.2) is 16.9 Å². The van der Waals surface area contributed by atoms with Gasteiger partial charge in [0.1, 0.15) is 0 Å². The van der Waals surface area contributed by atoms with Crippen LogP contribution in [0.1, 0.15) is 5.56 Å². The average Bonchev–Trinajstić information content (AvgIpc) is 2.59. The molecule has 0 unspecified atom stereocenters. The van der Waals surface area contributed by atoms with E-state index in [0.717, 1.165) is 19.1 Å². The molecule has 0 bridgehead atoms. The molecule has 12 heavy (non-hydrogen) atoms. The summed E-state index contributed by atoms with van der Waals surface area (Å²) in [4.78, 5) is 0. The first-order chi connectivity index (χ1) is 5.95. The van der Waals surface area contributed by atoms with E-state index in [1.807, 2.05) is 11.9 Å². The number of nitrogens with zero attached hydrogens (tertiary/aromatic N) is 1. The fourth-order valence-corrected chi connectivity index (χ4v) is 2.03. The fourth-order valence-electron chi connectivity index (χ4n) is 1.24. The summed E-state index contributed by atoms with van der Waals surface area (Å²) in [5.41, 5.74) is 1.38. The number of hydrogen-bond acceptors (Lipinski definition) is 3. The maximum absolute atomic E-state index is 3.28. The largest absolute Gasteiger partial charge is 0.293 e. The van der Waals surface area contributed by atoms with Gasteiger partial charge < -0.3 is 0 Å². The third-order valence-corrected chi connectivity index (χ3v) is 2.80. The number of benzene rings is 1. The molecule has 1 aromatic carbocycles. The summed E-state index contributed by atoms with van der Waals surface area (Å²) < 4.78 is 2.33. The lowest BCUT2D eigenvalue weighted by Crippen LogP contribution is -2.17. The highest BCUT2D eigenvalue weighted by atomic mass is 32.2. The van der Waals surface area contributed by atoms with Crippen LogP contribution in [0.25, 0.3) is 0 Å². The van der Waals surface area contributed by atoms with Gasteiger partial charge in [0.2, 0.25) is 0 Å². The lowest BCUT2D eigenvalue weighted by Gasteiger charge is -2.11. The SMILES string of the molecule is c1ccc(CN2CNCS2)cc1. The summed E-state index contributed by atoms with van der Waals surface area (Å²) in [5.74, 6) is 1.05. The van der Waals surface area contributed by atoms with Gasteiger partial charge in [-0.2, -0.15) is 0 Å². The highest BCUT2D eigenvalue weighted by Gasteiger charge is 2.10. The molecule has 0 amide bonds. The summed E-state index contributed by atoms with van der Waals surface area (Å²) in [6.07, 6.45) is 0. The van der Waals surface area contributed by atoms with Crippen molar-refractivity contribution in [2.45, 2.75) is 6.54 Å². The lowest BCUT2D eigenvalue weighted by atomic mass is 10.2. The second kappa shape index (κ2) is 3.94. The van der Waals surface area contributed by atoms with E-state index in [4.69, 9.17) is 0 Å². The van der Waals surface area contributed by atoms with Crippen molar-refractivity contribution in [1.82, 2.24) is 9.62 Å². The zero-order valence-electron chi connectivity index (χ0n) is 6.86. The van der Waals surface area contributed by atoms with E-state index in [-0.39, 0.29) is 0 Å². The van der Waals surface area contributed by atoms with Crippen LogP contribution in [-0.2, 0) is 6.54 Å². The Morgan fingerprint density at radius 1 is 1.33 bits per heavy atom. The smallest absolute Gasteiger partial charge is 0.0592 e. The van der Waals surface area contributed by atoms with Gasteiger partial charge in [-0.1, -0.05) is 42.3 Å². The molecule has 0 aliphatic carbocycles. The second-order valence-corrected chi connectivity index (χ2v) is 3.87. The zero-order valence-corrected chi connectivity index (χ0v) is 7.68. The van der Waals surface area contributed by atoms with Crippen molar-refractivity contribution in [2.75, 3.05) is 12.5 Å². The van der Waals surface area contributed by atoms with Crippen LogP contribution in [0, 0.1) is 0 Å². The minimum atomic E-state index is 1.000. The van der Waals surface area contributed by atoms with E-state index in [1.54, 1.807) is 0 Å². The standard InChI is InChI=1S/C9H12N2S/c1-2-4-9(5-3-1)6-11-7-10-8-12-11/h1-5,10H,6-8H2. The number of nitrogens with one attached hydrogen (secondary N) is 1. The molecule has 0 radical (unpaired) electrons. The molecule has 2 nitrogen and oxygen atoms in total. The van der Waals surface area contributed by atoms with Crippen molar-refractivity contribution in [3.05, 3.63) is 35.9 Å². The first-order valence-electron chi connectivity index (χ1n) is 4.08. The third kappa shape index (κ3) is 2.00. The van der Waals surface area contributed by atoms with Crippen LogP contribution in [0.4, 0.5) is 0 Å². The van der Waals surface area contributed by atoms with Crippen LogP contribution in [0.5, 0.6) is 0 Å². The molecular weight excluding hydrogens is 168 g/mol. The highest BCUT2D eigenvalue weighted by molar-refractivity contribution is 7.97. The molecule has 1 aliphatic heterocycles. The van der Waals surface area contributed by atoms with Crippen molar-refractivity contribution in [2.24, 2.45) is 0 Å². The molecular formula is C9H12N2S. The van der Waals surface area contributed by atoms with Crippen LogP contribution in [0.3, 0.4) is 0 Å². The molecule has 1 saturated heterocycles. The number of rotatable bonds is 2. The van der Waals surface area contributed by atoms with Crippen LogP contribution in [0.15, 0.2) is 30.3 Å². The molecule has 2 rings (SSSR count). The maximum Gasteiger partial charge on any atom is 0.0592 e. The first-order valence-corrected chi connectivity index (χ1v) is 5.02. The van der Waals surface area contributed by atoms with Crippen molar-refractivity contribution in [3.63, 3.8) is 0 Å². The second-order valence-electron chi connectivity index (χ2n) is 2.81. The molecule has 0 saturated carbocycles. The van der Waals surface area contributed by atoms with E-state index in [1.165, 1.54) is 5.56 Å². The lowest BCUT2D eigenvalue weighted by molar-refractivity contribution is 0.467. The van der Waals surface area contributed by atoms with Crippen LogP contribution >= 0.6 is 11.9 Å². The van der Waals surface area contributed by atoms with Gasteiger partial charge in [0, 0.05) is 6.54 Å². The van der Waals surface area contributed by atoms with E-state index >= 15 is 0 Å². The van der Waals surface area contributed by atoms with Gasteiger partial charge in [-0.3, -0.25) is 5.32 Å². The fraction of sp³-hybridized carbons (Fsp3) is 0.333. The first kappa shape index (κ1) is 8.10. The highest BCUT2D eigenvalue weighted by Crippen LogP contribution is 2.16. The Balaban J connectivity index is 1.94. The molecule has 0 spiro atoms. The molecule has 1 aliphatic rings.